The van der Waals surface area contributed by atoms with E-state index in [4.69, 9.17) is 11.6 Å². The van der Waals surface area contributed by atoms with Gasteiger partial charge < -0.3 is 9.67 Å². The number of rotatable bonds is 9. The van der Waals surface area contributed by atoms with Crippen molar-refractivity contribution in [2.45, 2.75) is 64.3 Å². The average Bonchev–Trinajstić information content (AvgIpc) is 3.29. The number of carboxylic acid groups (broad SMARTS) is 1. The molecular weight excluding hydrogens is 376 g/mol. The van der Waals surface area contributed by atoms with Crippen LogP contribution in [0.5, 0.6) is 0 Å². The van der Waals surface area contributed by atoms with Crippen molar-refractivity contribution in [3.8, 4) is 0 Å². The van der Waals surface area contributed by atoms with Gasteiger partial charge in [0.2, 0.25) is 0 Å². The number of halogens is 1. The molecule has 2 aromatic rings. The Balaban J connectivity index is 1.82. The zero-order chi connectivity index (χ0) is 20.1. The van der Waals surface area contributed by atoms with Crippen LogP contribution in [-0.4, -0.2) is 26.9 Å². The van der Waals surface area contributed by atoms with Gasteiger partial charge in [0.15, 0.2) is 11.4 Å². The number of aromatic nitrogens is 2. The van der Waals surface area contributed by atoms with Crippen molar-refractivity contribution in [2.24, 2.45) is 5.92 Å². The fraction of sp³-hybridized carbons (Fsp3) is 0.500. The standard InChI is InChI=1S/C22H27ClN2O3/c1-2-3-8-19-24-21(23)18(14-26)25(19)13-15-9-11-17(12-10-15)20(22(27)28)16-6-4-5-7-16/h9-12,14,16,20H,2-8,13H2,1H3,(H,27,28). The number of carboxylic acids is 1. The largest absolute Gasteiger partial charge is 0.481 e. The van der Waals surface area contributed by atoms with Crippen molar-refractivity contribution >= 4 is 23.9 Å². The van der Waals surface area contributed by atoms with Crippen LogP contribution in [-0.2, 0) is 17.8 Å². The maximum atomic E-state index is 11.8. The molecular formula is C22H27ClN2O3. The van der Waals surface area contributed by atoms with Gasteiger partial charge in [0, 0.05) is 13.0 Å². The Morgan fingerprint density at radius 2 is 2.00 bits per heavy atom. The maximum Gasteiger partial charge on any atom is 0.311 e. The van der Waals surface area contributed by atoms with E-state index >= 15 is 0 Å². The summed E-state index contributed by atoms with van der Waals surface area (Å²) < 4.78 is 1.87. The number of hydrogen-bond donors (Lipinski definition) is 1. The third kappa shape index (κ3) is 4.46. The van der Waals surface area contributed by atoms with Crippen LogP contribution in [0, 0.1) is 5.92 Å². The van der Waals surface area contributed by atoms with Crippen LogP contribution in [0.15, 0.2) is 24.3 Å². The molecule has 1 heterocycles. The van der Waals surface area contributed by atoms with E-state index in [1.54, 1.807) is 0 Å². The fourth-order valence-corrected chi connectivity index (χ4v) is 4.46. The van der Waals surface area contributed by atoms with Crippen molar-refractivity contribution in [2.75, 3.05) is 0 Å². The molecule has 1 atom stereocenters. The second-order valence-corrected chi connectivity index (χ2v) is 7.97. The summed E-state index contributed by atoms with van der Waals surface area (Å²) in [5.41, 5.74) is 2.24. The SMILES string of the molecule is CCCCc1nc(Cl)c(C=O)n1Cc1ccc(C(C(=O)O)C2CCCC2)cc1. The lowest BCUT2D eigenvalue weighted by atomic mass is 9.84. The summed E-state index contributed by atoms with van der Waals surface area (Å²) in [6, 6.07) is 7.73. The molecule has 1 unspecified atom stereocenters. The molecule has 0 saturated heterocycles. The van der Waals surface area contributed by atoms with E-state index in [9.17, 15) is 14.7 Å². The maximum absolute atomic E-state index is 11.8. The highest BCUT2D eigenvalue weighted by Crippen LogP contribution is 2.37. The van der Waals surface area contributed by atoms with E-state index in [0.29, 0.717) is 12.2 Å². The average molecular weight is 403 g/mol. The van der Waals surface area contributed by atoms with Gasteiger partial charge in [-0.05, 0) is 36.3 Å². The minimum Gasteiger partial charge on any atom is -0.481 e. The minimum atomic E-state index is -0.744. The third-order valence-electron chi connectivity index (χ3n) is 5.72. The predicted molar refractivity (Wildman–Crippen MR) is 109 cm³/mol. The molecule has 1 fully saturated rings. The van der Waals surface area contributed by atoms with Crippen LogP contribution < -0.4 is 0 Å². The van der Waals surface area contributed by atoms with Gasteiger partial charge in [0.1, 0.15) is 11.5 Å². The van der Waals surface area contributed by atoms with Gasteiger partial charge in [-0.15, -0.1) is 0 Å². The van der Waals surface area contributed by atoms with Crippen molar-refractivity contribution in [3.05, 3.63) is 52.1 Å². The molecule has 1 N–H and O–H groups in total. The number of aliphatic carboxylic acids is 1. The lowest BCUT2D eigenvalue weighted by Crippen LogP contribution is -2.19. The monoisotopic (exact) mass is 402 g/mol. The predicted octanol–water partition coefficient (Wildman–Crippen LogP) is 5.10. The summed E-state index contributed by atoms with van der Waals surface area (Å²) in [7, 11) is 0. The molecule has 0 bridgehead atoms. The van der Waals surface area contributed by atoms with Gasteiger partial charge in [0.25, 0.3) is 0 Å². The van der Waals surface area contributed by atoms with Crippen molar-refractivity contribution in [1.82, 2.24) is 9.55 Å². The first-order valence-corrected chi connectivity index (χ1v) is 10.4. The second-order valence-electron chi connectivity index (χ2n) is 7.61. The molecule has 3 rings (SSSR count). The van der Waals surface area contributed by atoms with Crippen LogP contribution >= 0.6 is 11.6 Å². The highest BCUT2D eigenvalue weighted by Gasteiger charge is 2.31. The highest BCUT2D eigenvalue weighted by molar-refractivity contribution is 6.31. The van der Waals surface area contributed by atoms with E-state index in [0.717, 1.165) is 68.2 Å². The van der Waals surface area contributed by atoms with Crippen LogP contribution in [0.3, 0.4) is 0 Å². The molecule has 0 spiro atoms. The van der Waals surface area contributed by atoms with Crippen molar-refractivity contribution < 1.29 is 14.7 Å². The number of benzene rings is 1. The summed E-state index contributed by atoms with van der Waals surface area (Å²) in [5.74, 6) is -0.151. The van der Waals surface area contributed by atoms with Gasteiger partial charge in [-0.2, -0.15) is 0 Å². The van der Waals surface area contributed by atoms with Crippen molar-refractivity contribution in [3.63, 3.8) is 0 Å². The van der Waals surface area contributed by atoms with E-state index in [2.05, 4.69) is 11.9 Å². The quantitative estimate of drug-likeness (QED) is 0.592. The molecule has 1 saturated carbocycles. The molecule has 0 amide bonds. The van der Waals surface area contributed by atoms with Crippen LogP contribution in [0.2, 0.25) is 5.15 Å². The Morgan fingerprint density at radius 1 is 1.32 bits per heavy atom. The Bertz CT molecular complexity index is 823. The van der Waals surface area contributed by atoms with Crippen LogP contribution in [0.25, 0.3) is 0 Å². The molecule has 1 aromatic carbocycles. The van der Waals surface area contributed by atoms with Gasteiger partial charge in [-0.25, -0.2) is 4.98 Å². The molecule has 5 nitrogen and oxygen atoms in total. The number of carbonyl (C=O) groups is 2. The summed E-state index contributed by atoms with van der Waals surface area (Å²) in [4.78, 5) is 27.7. The van der Waals surface area contributed by atoms with Crippen molar-refractivity contribution in [1.29, 1.82) is 0 Å². The summed E-state index contributed by atoms with van der Waals surface area (Å²) in [6.07, 6.45) is 7.72. The minimum absolute atomic E-state index is 0.220. The summed E-state index contributed by atoms with van der Waals surface area (Å²) in [5, 5.41) is 9.96. The third-order valence-corrected chi connectivity index (χ3v) is 6.00. The lowest BCUT2D eigenvalue weighted by Gasteiger charge is -2.20. The normalized spacial score (nSPS) is 15.6. The smallest absolute Gasteiger partial charge is 0.311 e. The number of carbonyl (C=O) groups excluding carboxylic acids is 1. The number of nitrogens with zero attached hydrogens (tertiary/aromatic N) is 2. The molecule has 1 aliphatic rings. The van der Waals surface area contributed by atoms with E-state index in [1.807, 2.05) is 28.8 Å². The summed E-state index contributed by atoms with van der Waals surface area (Å²) in [6.45, 7) is 2.60. The molecule has 0 aliphatic heterocycles. The number of aryl methyl sites for hydroxylation is 1. The van der Waals surface area contributed by atoms with Gasteiger partial charge in [-0.3, -0.25) is 9.59 Å². The Morgan fingerprint density at radius 3 is 2.57 bits per heavy atom. The van der Waals surface area contributed by atoms with Gasteiger partial charge in [-0.1, -0.05) is 62.1 Å². The van der Waals surface area contributed by atoms with E-state index in [-0.39, 0.29) is 11.1 Å². The Hall–Kier alpha value is -2.14. The lowest BCUT2D eigenvalue weighted by molar-refractivity contribution is -0.140. The van der Waals surface area contributed by atoms with Crippen LogP contribution in [0.1, 0.15) is 78.8 Å². The molecule has 28 heavy (non-hydrogen) atoms. The van der Waals surface area contributed by atoms with Crippen LogP contribution in [0.4, 0.5) is 0 Å². The molecule has 1 aliphatic carbocycles. The Kier molecular flexibility index (Phi) is 6.89. The topological polar surface area (TPSA) is 72.2 Å². The molecule has 6 heteroatoms. The first-order chi connectivity index (χ1) is 13.5. The number of unbranched alkanes of at least 4 members (excludes halogenated alkanes) is 1. The number of imidazole rings is 1. The number of aldehydes is 1. The summed E-state index contributed by atoms with van der Waals surface area (Å²) >= 11 is 6.14. The second kappa shape index (κ2) is 9.37. The molecule has 150 valence electrons. The van der Waals surface area contributed by atoms with Gasteiger partial charge >= 0.3 is 5.97 Å². The highest BCUT2D eigenvalue weighted by atomic mass is 35.5. The van der Waals surface area contributed by atoms with E-state index in [1.165, 1.54) is 0 Å². The molecule has 0 radical (unpaired) electrons. The zero-order valence-corrected chi connectivity index (χ0v) is 17.0. The zero-order valence-electron chi connectivity index (χ0n) is 16.2. The Labute approximate surface area is 170 Å². The first kappa shape index (κ1) is 20.6. The molecule has 1 aromatic heterocycles. The number of hydrogen-bond acceptors (Lipinski definition) is 3. The fourth-order valence-electron chi connectivity index (χ4n) is 4.22. The van der Waals surface area contributed by atoms with Gasteiger partial charge in [0.05, 0.1) is 5.92 Å². The van der Waals surface area contributed by atoms with E-state index < -0.39 is 11.9 Å². The first-order valence-electron chi connectivity index (χ1n) is 10.1.